The van der Waals surface area contributed by atoms with Crippen LogP contribution in [0.5, 0.6) is 11.5 Å². The summed E-state index contributed by atoms with van der Waals surface area (Å²) in [4.78, 5) is 0. The van der Waals surface area contributed by atoms with Gasteiger partial charge in [0.25, 0.3) is 5.79 Å². The summed E-state index contributed by atoms with van der Waals surface area (Å²) < 4.78 is 17.3. The van der Waals surface area contributed by atoms with Gasteiger partial charge in [0.2, 0.25) is 0 Å². The Labute approximate surface area is 140 Å². The zero-order chi connectivity index (χ0) is 15.7. The minimum absolute atomic E-state index is 0.432. The summed E-state index contributed by atoms with van der Waals surface area (Å²) in [5, 5.41) is 6.80. The Morgan fingerprint density at radius 2 is 1.96 bits per heavy atom. The van der Waals surface area contributed by atoms with Crippen molar-refractivity contribution in [2.75, 3.05) is 5.32 Å². The van der Waals surface area contributed by atoms with E-state index in [4.69, 9.17) is 26.1 Å². The molecular formula is C17H18N2O3S. The van der Waals surface area contributed by atoms with Crippen molar-refractivity contribution in [2.45, 2.75) is 38.0 Å². The molecule has 2 N–H and O–H groups in total. The van der Waals surface area contributed by atoms with Crippen LogP contribution in [0.1, 0.15) is 31.4 Å². The van der Waals surface area contributed by atoms with E-state index in [9.17, 15) is 0 Å². The topological polar surface area (TPSA) is 55.7 Å². The first-order chi connectivity index (χ1) is 11.2. The van der Waals surface area contributed by atoms with E-state index >= 15 is 0 Å². The maximum absolute atomic E-state index is 6.06. The van der Waals surface area contributed by atoms with Crippen molar-refractivity contribution in [3.05, 3.63) is 42.4 Å². The second-order valence-electron chi connectivity index (χ2n) is 5.87. The number of benzene rings is 1. The molecule has 1 aliphatic heterocycles. The van der Waals surface area contributed by atoms with Gasteiger partial charge >= 0.3 is 0 Å². The van der Waals surface area contributed by atoms with E-state index in [1.807, 2.05) is 30.3 Å². The van der Waals surface area contributed by atoms with Crippen LogP contribution in [0.25, 0.3) is 0 Å². The number of fused-ring (bicyclic) bond motifs is 1. The molecule has 0 amide bonds. The fraction of sp³-hybridized carbons (Fsp3) is 0.353. The van der Waals surface area contributed by atoms with Crippen LogP contribution in [0.15, 0.2) is 41.0 Å². The Bertz CT molecular complexity index is 709. The van der Waals surface area contributed by atoms with Crippen molar-refractivity contribution < 1.29 is 13.9 Å². The highest BCUT2D eigenvalue weighted by molar-refractivity contribution is 7.80. The predicted octanol–water partition coefficient (Wildman–Crippen LogP) is 3.81. The van der Waals surface area contributed by atoms with E-state index in [2.05, 4.69) is 10.6 Å². The number of anilines is 1. The van der Waals surface area contributed by atoms with Gasteiger partial charge in [-0.05, 0) is 49.3 Å². The molecule has 0 radical (unpaired) electrons. The van der Waals surface area contributed by atoms with Crippen LogP contribution < -0.4 is 20.1 Å². The van der Waals surface area contributed by atoms with Gasteiger partial charge in [-0.2, -0.15) is 0 Å². The molecule has 4 rings (SSSR count). The number of ether oxygens (including phenoxy) is 2. The number of rotatable bonds is 3. The third kappa shape index (κ3) is 2.99. The summed E-state index contributed by atoms with van der Waals surface area (Å²) in [6.45, 7) is 0.548. The SMILES string of the molecule is S=C(NCc1ccco1)Nc1ccc2c(c1)OC1(CCCC1)O2. The molecule has 0 atom stereocenters. The Balaban J connectivity index is 1.38. The van der Waals surface area contributed by atoms with Crippen LogP contribution in [-0.2, 0) is 6.54 Å². The summed E-state index contributed by atoms with van der Waals surface area (Å²) >= 11 is 5.30. The van der Waals surface area contributed by atoms with Crippen LogP contribution in [0.3, 0.4) is 0 Å². The van der Waals surface area contributed by atoms with Crippen molar-refractivity contribution in [3.8, 4) is 11.5 Å². The molecule has 1 aromatic heterocycles. The van der Waals surface area contributed by atoms with E-state index in [0.717, 1.165) is 48.6 Å². The summed E-state index contributed by atoms with van der Waals surface area (Å²) in [5.41, 5.74) is 0.874. The minimum Gasteiger partial charge on any atom is -0.467 e. The highest BCUT2D eigenvalue weighted by atomic mass is 32.1. The third-order valence-electron chi connectivity index (χ3n) is 4.16. The lowest BCUT2D eigenvalue weighted by Crippen LogP contribution is -2.34. The molecule has 0 saturated heterocycles. The molecule has 2 aliphatic rings. The van der Waals surface area contributed by atoms with Gasteiger partial charge in [-0.1, -0.05) is 0 Å². The lowest BCUT2D eigenvalue weighted by molar-refractivity contribution is -0.0716. The quantitative estimate of drug-likeness (QED) is 0.835. The van der Waals surface area contributed by atoms with E-state index in [0.29, 0.717) is 11.7 Å². The normalized spacial score (nSPS) is 17.4. The van der Waals surface area contributed by atoms with Gasteiger partial charge in [0.05, 0.1) is 12.8 Å². The molecule has 0 unspecified atom stereocenters. The second kappa shape index (κ2) is 5.77. The smallest absolute Gasteiger partial charge is 0.251 e. The zero-order valence-electron chi connectivity index (χ0n) is 12.6. The molecule has 2 heterocycles. The lowest BCUT2D eigenvalue weighted by Gasteiger charge is -2.21. The van der Waals surface area contributed by atoms with E-state index in [1.165, 1.54) is 0 Å². The third-order valence-corrected chi connectivity index (χ3v) is 4.41. The standard InChI is InChI=1S/C17H18N2O3S/c23-16(18-11-13-4-3-9-20-13)19-12-5-6-14-15(10-12)22-17(21-14)7-1-2-8-17/h3-6,9-10H,1-2,7-8,11H2,(H2,18,19,23). The fourth-order valence-electron chi connectivity index (χ4n) is 3.05. The molecule has 1 aromatic carbocycles. The molecule has 1 fully saturated rings. The largest absolute Gasteiger partial charge is 0.467 e. The molecule has 1 saturated carbocycles. The predicted molar refractivity (Wildman–Crippen MR) is 90.7 cm³/mol. The maximum Gasteiger partial charge on any atom is 0.251 e. The monoisotopic (exact) mass is 330 g/mol. The Morgan fingerprint density at radius 1 is 1.13 bits per heavy atom. The molecule has 6 heteroatoms. The number of furan rings is 1. The first-order valence-corrected chi connectivity index (χ1v) is 8.23. The first-order valence-electron chi connectivity index (χ1n) is 7.82. The summed E-state index contributed by atoms with van der Waals surface area (Å²) in [6.07, 6.45) is 5.85. The van der Waals surface area contributed by atoms with Gasteiger partial charge in [-0.25, -0.2) is 0 Å². The van der Waals surface area contributed by atoms with Crippen LogP contribution in [-0.4, -0.2) is 10.9 Å². The lowest BCUT2D eigenvalue weighted by atomic mass is 10.2. The zero-order valence-corrected chi connectivity index (χ0v) is 13.4. The molecular weight excluding hydrogens is 312 g/mol. The Hall–Kier alpha value is -2.21. The van der Waals surface area contributed by atoms with Crippen molar-refractivity contribution in [2.24, 2.45) is 0 Å². The van der Waals surface area contributed by atoms with Crippen LogP contribution in [0, 0.1) is 0 Å². The minimum atomic E-state index is -0.432. The molecule has 1 spiro atoms. The van der Waals surface area contributed by atoms with Crippen molar-refractivity contribution in [3.63, 3.8) is 0 Å². The number of hydrogen-bond acceptors (Lipinski definition) is 4. The van der Waals surface area contributed by atoms with Gasteiger partial charge in [-0.15, -0.1) is 0 Å². The van der Waals surface area contributed by atoms with Gasteiger partial charge in [0.15, 0.2) is 16.6 Å². The van der Waals surface area contributed by atoms with E-state index in [-0.39, 0.29) is 0 Å². The highest BCUT2D eigenvalue weighted by Crippen LogP contribution is 2.47. The number of nitrogens with one attached hydrogen (secondary N) is 2. The Kier molecular flexibility index (Phi) is 3.61. The van der Waals surface area contributed by atoms with Crippen LogP contribution in [0.4, 0.5) is 5.69 Å². The highest BCUT2D eigenvalue weighted by Gasteiger charge is 2.44. The van der Waals surface area contributed by atoms with Crippen LogP contribution in [0.2, 0.25) is 0 Å². The average Bonchev–Trinajstić information content (AvgIpc) is 3.26. The Morgan fingerprint density at radius 3 is 2.74 bits per heavy atom. The number of hydrogen-bond donors (Lipinski definition) is 2. The van der Waals surface area contributed by atoms with Crippen molar-refractivity contribution in [1.82, 2.24) is 5.32 Å². The summed E-state index contributed by atoms with van der Waals surface area (Å²) in [5.74, 6) is 2.00. The van der Waals surface area contributed by atoms with Gasteiger partial charge in [-0.3, -0.25) is 0 Å². The molecule has 0 bridgehead atoms. The van der Waals surface area contributed by atoms with E-state index < -0.39 is 5.79 Å². The van der Waals surface area contributed by atoms with Crippen LogP contribution >= 0.6 is 12.2 Å². The molecule has 23 heavy (non-hydrogen) atoms. The molecule has 2 aromatic rings. The van der Waals surface area contributed by atoms with Crippen molar-refractivity contribution in [1.29, 1.82) is 0 Å². The van der Waals surface area contributed by atoms with E-state index in [1.54, 1.807) is 6.26 Å². The average molecular weight is 330 g/mol. The molecule has 1 aliphatic carbocycles. The van der Waals surface area contributed by atoms with Gasteiger partial charge in [0, 0.05) is 24.6 Å². The molecule has 5 nitrogen and oxygen atoms in total. The fourth-order valence-corrected chi connectivity index (χ4v) is 3.24. The first kappa shape index (κ1) is 14.4. The van der Waals surface area contributed by atoms with Gasteiger partial charge < -0.3 is 24.5 Å². The van der Waals surface area contributed by atoms with Gasteiger partial charge in [0.1, 0.15) is 5.76 Å². The maximum atomic E-state index is 6.06. The summed E-state index contributed by atoms with van der Waals surface area (Å²) in [7, 11) is 0. The second-order valence-corrected chi connectivity index (χ2v) is 6.28. The summed E-state index contributed by atoms with van der Waals surface area (Å²) in [6, 6.07) is 9.56. The molecule has 120 valence electrons. The van der Waals surface area contributed by atoms with Crippen molar-refractivity contribution >= 4 is 23.0 Å². The number of thiocarbonyl (C=S) groups is 1.